The minimum absolute atomic E-state index is 0.427. The van der Waals surface area contributed by atoms with Crippen LogP contribution in [0.1, 0.15) is 10.4 Å². The summed E-state index contributed by atoms with van der Waals surface area (Å²) in [5.74, 6) is 0. The highest BCUT2D eigenvalue weighted by Gasteiger charge is 2.15. The Labute approximate surface area is 97.8 Å². The van der Waals surface area contributed by atoms with Crippen molar-refractivity contribution in [1.29, 1.82) is 0 Å². The summed E-state index contributed by atoms with van der Waals surface area (Å²) >= 11 is 1.91. The smallest absolute Gasteiger partial charge is 0.432 e. The predicted molar refractivity (Wildman–Crippen MR) is 61.3 cm³/mol. The van der Waals surface area contributed by atoms with Crippen LogP contribution in [0.5, 0.6) is 0 Å². The molecule has 0 saturated heterocycles. The fraction of sp³-hybridized carbons (Fsp3) is 0. The van der Waals surface area contributed by atoms with E-state index in [9.17, 15) is 9.59 Å². The molecule has 0 fully saturated rings. The van der Waals surface area contributed by atoms with Crippen molar-refractivity contribution < 1.29 is 14.7 Å². The lowest BCUT2D eigenvalue weighted by Crippen LogP contribution is -2.09. The Hall–Kier alpha value is -1.44. The number of carboxylic acid groups (broad SMARTS) is 1. The average molecular weight is 316 g/mol. The molecule has 0 spiro atoms. The summed E-state index contributed by atoms with van der Waals surface area (Å²) in [6.45, 7) is 0. The first-order chi connectivity index (χ1) is 7.15. The second-order valence-electron chi connectivity index (χ2n) is 2.84. The van der Waals surface area contributed by atoms with Gasteiger partial charge in [0, 0.05) is 10.9 Å². The minimum atomic E-state index is -1.16. The topological polar surface area (TPSA) is 72.2 Å². The maximum absolute atomic E-state index is 10.8. The first-order valence-corrected chi connectivity index (χ1v) is 5.08. The van der Waals surface area contributed by atoms with E-state index in [2.05, 4.69) is 5.10 Å². The largest absolute Gasteiger partial charge is 0.463 e. The summed E-state index contributed by atoms with van der Waals surface area (Å²) in [5, 5.41) is 13.3. The molecule has 2 rings (SSSR count). The Morgan fingerprint density at radius 1 is 1.53 bits per heavy atom. The van der Waals surface area contributed by atoms with Crippen molar-refractivity contribution in [2.45, 2.75) is 0 Å². The molecule has 1 heterocycles. The zero-order valence-electron chi connectivity index (χ0n) is 7.35. The summed E-state index contributed by atoms with van der Waals surface area (Å²) in [6, 6.07) is 4.88. The average Bonchev–Trinajstić information content (AvgIpc) is 2.56. The summed E-state index contributed by atoms with van der Waals surface area (Å²) in [4.78, 5) is 21.6. The molecule has 0 bridgehead atoms. The molecule has 0 unspecified atom stereocenters. The third-order valence-corrected chi connectivity index (χ3v) is 2.76. The lowest BCUT2D eigenvalue weighted by molar-refractivity contribution is 0.112. The van der Waals surface area contributed by atoms with E-state index >= 15 is 0 Å². The molecule has 0 saturated carbocycles. The molecule has 0 radical (unpaired) electrons. The maximum Gasteiger partial charge on any atom is 0.432 e. The summed E-state index contributed by atoms with van der Waals surface area (Å²) in [6.07, 6.45) is -0.468. The Morgan fingerprint density at radius 3 is 2.87 bits per heavy atom. The molecule has 0 aliphatic carbocycles. The Morgan fingerprint density at radius 2 is 2.27 bits per heavy atom. The number of halogens is 1. The number of hydrogen-bond acceptors (Lipinski definition) is 3. The molecule has 1 N–H and O–H groups in total. The lowest BCUT2D eigenvalue weighted by atomic mass is 10.1. The lowest BCUT2D eigenvalue weighted by Gasteiger charge is -1.95. The molecule has 0 aliphatic rings. The van der Waals surface area contributed by atoms with Gasteiger partial charge in [0.15, 0.2) is 6.29 Å². The van der Waals surface area contributed by atoms with Crippen molar-refractivity contribution in [3.63, 3.8) is 0 Å². The molecular weight excluding hydrogens is 311 g/mol. The van der Waals surface area contributed by atoms with Gasteiger partial charge in [-0.25, -0.2) is 4.79 Å². The van der Waals surface area contributed by atoms with E-state index in [1.165, 1.54) is 0 Å². The van der Waals surface area contributed by atoms with Crippen molar-refractivity contribution in [3.05, 3.63) is 27.5 Å². The van der Waals surface area contributed by atoms with Crippen LogP contribution in [-0.2, 0) is 0 Å². The molecule has 0 aliphatic heterocycles. The van der Waals surface area contributed by atoms with Gasteiger partial charge in [-0.3, -0.25) is 4.79 Å². The van der Waals surface area contributed by atoms with E-state index in [0.29, 0.717) is 26.5 Å². The molecular formula is C9H5IN2O3. The van der Waals surface area contributed by atoms with Gasteiger partial charge in [0.05, 0.1) is 5.52 Å². The highest BCUT2D eigenvalue weighted by molar-refractivity contribution is 14.1. The fourth-order valence-corrected chi connectivity index (χ4v) is 2.20. The molecule has 6 heteroatoms. The molecule has 5 nitrogen and oxygen atoms in total. The number of rotatable bonds is 1. The van der Waals surface area contributed by atoms with Gasteiger partial charge < -0.3 is 5.11 Å². The van der Waals surface area contributed by atoms with Crippen molar-refractivity contribution in [3.8, 4) is 0 Å². The molecule has 0 atom stereocenters. The van der Waals surface area contributed by atoms with Crippen LogP contribution in [0.4, 0.5) is 4.79 Å². The van der Waals surface area contributed by atoms with Crippen molar-refractivity contribution >= 4 is 45.9 Å². The van der Waals surface area contributed by atoms with E-state index in [0.717, 1.165) is 4.68 Å². The number of carbonyl (C=O) groups excluding carboxylic acids is 1. The van der Waals surface area contributed by atoms with Gasteiger partial charge in [-0.15, -0.1) is 0 Å². The van der Waals surface area contributed by atoms with Crippen LogP contribution in [0, 0.1) is 3.70 Å². The standard InChI is InChI=1S/C9H5IN2O3/c10-8-7-5(4-13)2-1-3-6(7)12(11-8)9(14)15/h1-4H,(H,14,15). The van der Waals surface area contributed by atoms with Crippen LogP contribution in [0.3, 0.4) is 0 Å². The third kappa shape index (κ3) is 1.50. The van der Waals surface area contributed by atoms with Crippen LogP contribution < -0.4 is 0 Å². The van der Waals surface area contributed by atoms with Crippen molar-refractivity contribution in [1.82, 2.24) is 9.78 Å². The fourth-order valence-electron chi connectivity index (χ4n) is 1.39. The predicted octanol–water partition coefficient (Wildman–Crippen LogP) is 1.98. The van der Waals surface area contributed by atoms with E-state index < -0.39 is 6.09 Å². The van der Waals surface area contributed by atoms with Gasteiger partial charge in [-0.05, 0) is 28.7 Å². The number of aromatic nitrogens is 2. The second-order valence-corrected chi connectivity index (χ2v) is 3.87. The van der Waals surface area contributed by atoms with Gasteiger partial charge in [-0.1, -0.05) is 12.1 Å². The summed E-state index contributed by atoms with van der Waals surface area (Å²) < 4.78 is 1.37. The van der Waals surface area contributed by atoms with Gasteiger partial charge in [0.2, 0.25) is 0 Å². The quantitative estimate of drug-likeness (QED) is 0.645. The third-order valence-electron chi connectivity index (χ3n) is 2.01. The molecule has 76 valence electrons. The Kier molecular flexibility index (Phi) is 2.43. The highest BCUT2D eigenvalue weighted by atomic mass is 127. The number of carbonyl (C=O) groups is 2. The normalized spacial score (nSPS) is 10.5. The van der Waals surface area contributed by atoms with E-state index in [1.807, 2.05) is 22.6 Å². The Balaban J connectivity index is 2.91. The highest BCUT2D eigenvalue weighted by Crippen LogP contribution is 2.22. The summed E-state index contributed by atoms with van der Waals surface area (Å²) in [5.41, 5.74) is 0.876. The van der Waals surface area contributed by atoms with Crippen LogP contribution in [0.2, 0.25) is 0 Å². The SMILES string of the molecule is O=Cc1cccc2c1c(I)nn2C(=O)O. The molecule has 1 aromatic heterocycles. The molecule has 1 aromatic carbocycles. The van der Waals surface area contributed by atoms with Crippen molar-refractivity contribution in [2.75, 3.05) is 0 Å². The van der Waals surface area contributed by atoms with Crippen LogP contribution in [0.25, 0.3) is 10.9 Å². The van der Waals surface area contributed by atoms with Crippen LogP contribution in [0.15, 0.2) is 18.2 Å². The van der Waals surface area contributed by atoms with E-state index in [1.54, 1.807) is 18.2 Å². The molecule has 15 heavy (non-hydrogen) atoms. The van der Waals surface area contributed by atoms with Gasteiger partial charge in [-0.2, -0.15) is 9.78 Å². The zero-order valence-corrected chi connectivity index (χ0v) is 9.50. The number of benzene rings is 1. The number of hydrogen-bond donors (Lipinski definition) is 1. The summed E-state index contributed by atoms with van der Waals surface area (Å²) in [7, 11) is 0. The second kappa shape index (κ2) is 3.61. The monoisotopic (exact) mass is 316 g/mol. The molecule has 2 aromatic rings. The number of aldehydes is 1. The van der Waals surface area contributed by atoms with Crippen molar-refractivity contribution in [2.24, 2.45) is 0 Å². The zero-order chi connectivity index (χ0) is 11.0. The minimum Gasteiger partial charge on any atom is -0.463 e. The van der Waals surface area contributed by atoms with Gasteiger partial charge in [0.1, 0.15) is 3.70 Å². The van der Waals surface area contributed by atoms with E-state index in [4.69, 9.17) is 5.11 Å². The number of nitrogens with zero attached hydrogens (tertiary/aromatic N) is 2. The first kappa shape index (κ1) is 10.1. The van der Waals surface area contributed by atoms with Crippen LogP contribution in [-0.4, -0.2) is 27.3 Å². The first-order valence-electron chi connectivity index (χ1n) is 4.01. The number of fused-ring (bicyclic) bond motifs is 1. The maximum atomic E-state index is 10.8. The van der Waals surface area contributed by atoms with Gasteiger partial charge in [0.25, 0.3) is 0 Å². The van der Waals surface area contributed by atoms with E-state index in [-0.39, 0.29) is 0 Å². The Bertz CT molecular complexity index is 562. The van der Waals surface area contributed by atoms with Crippen LogP contribution >= 0.6 is 22.6 Å². The molecule has 0 amide bonds. The van der Waals surface area contributed by atoms with Gasteiger partial charge >= 0.3 is 6.09 Å².